The van der Waals surface area contributed by atoms with Crippen molar-refractivity contribution < 1.29 is 4.39 Å². The van der Waals surface area contributed by atoms with Crippen molar-refractivity contribution in [3.8, 4) is 0 Å². The fraction of sp³-hybridized carbons (Fsp3) is 0.556. The van der Waals surface area contributed by atoms with Gasteiger partial charge in [-0.25, -0.2) is 14.4 Å². The number of hydrogen-bond donors (Lipinski definition) is 1. The monoisotopic (exact) mass is 215 g/mol. The highest BCUT2D eigenvalue weighted by molar-refractivity contribution is 7.98. The topological polar surface area (TPSA) is 37.8 Å². The summed E-state index contributed by atoms with van der Waals surface area (Å²) >= 11 is 1.76. The van der Waals surface area contributed by atoms with Crippen molar-refractivity contribution in [3.63, 3.8) is 0 Å². The summed E-state index contributed by atoms with van der Waals surface area (Å²) in [5.74, 6) is 1.08. The van der Waals surface area contributed by atoms with E-state index in [0.29, 0.717) is 12.0 Å². The first-order chi connectivity index (χ1) is 6.76. The van der Waals surface area contributed by atoms with Crippen molar-refractivity contribution in [2.75, 3.05) is 17.3 Å². The maximum Gasteiger partial charge on any atom is 0.223 e. The Morgan fingerprint density at radius 3 is 2.64 bits per heavy atom. The van der Waals surface area contributed by atoms with Gasteiger partial charge in [-0.3, -0.25) is 0 Å². The van der Waals surface area contributed by atoms with E-state index in [9.17, 15) is 4.39 Å². The Kier molecular flexibility index (Phi) is 4.65. The van der Waals surface area contributed by atoms with E-state index in [0.717, 1.165) is 12.2 Å². The molecular weight excluding hydrogens is 201 g/mol. The molecule has 0 saturated heterocycles. The van der Waals surface area contributed by atoms with E-state index in [1.165, 1.54) is 12.4 Å². The lowest BCUT2D eigenvalue weighted by Crippen LogP contribution is -2.22. The average Bonchev–Trinajstić information content (AvgIpc) is 2.20. The van der Waals surface area contributed by atoms with Gasteiger partial charge in [0.05, 0.1) is 12.4 Å². The number of halogens is 1. The Hall–Kier alpha value is -0.840. The minimum Gasteiger partial charge on any atom is -0.351 e. The molecule has 1 N–H and O–H groups in total. The first-order valence-corrected chi connectivity index (χ1v) is 5.88. The predicted molar refractivity (Wildman–Crippen MR) is 58.1 cm³/mol. The van der Waals surface area contributed by atoms with E-state index in [-0.39, 0.29) is 0 Å². The Balaban J connectivity index is 2.53. The Bertz CT molecular complexity index is 265. The summed E-state index contributed by atoms with van der Waals surface area (Å²) < 4.78 is 12.5. The van der Waals surface area contributed by atoms with E-state index in [4.69, 9.17) is 0 Å². The van der Waals surface area contributed by atoms with Crippen molar-refractivity contribution in [1.82, 2.24) is 9.97 Å². The highest BCUT2D eigenvalue weighted by Gasteiger charge is 2.06. The van der Waals surface area contributed by atoms with Crippen molar-refractivity contribution in [2.24, 2.45) is 0 Å². The molecule has 78 valence electrons. The van der Waals surface area contributed by atoms with Gasteiger partial charge in [-0.2, -0.15) is 11.8 Å². The molecule has 1 aromatic rings. The largest absolute Gasteiger partial charge is 0.351 e. The van der Waals surface area contributed by atoms with Gasteiger partial charge >= 0.3 is 0 Å². The van der Waals surface area contributed by atoms with Crippen molar-refractivity contribution in [1.29, 1.82) is 0 Å². The summed E-state index contributed by atoms with van der Waals surface area (Å²) in [6, 6.07) is 0.343. The third-order valence-electron chi connectivity index (χ3n) is 1.81. The minimum atomic E-state index is -0.409. The smallest absolute Gasteiger partial charge is 0.223 e. The molecular formula is C9H14FN3S. The first-order valence-electron chi connectivity index (χ1n) is 4.49. The maximum absolute atomic E-state index is 12.5. The molecule has 0 aliphatic rings. The van der Waals surface area contributed by atoms with E-state index < -0.39 is 5.82 Å². The molecule has 0 saturated carbocycles. The van der Waals surface area contributed by atoms with E-state index >= 15 is 0 Å². The summed E-state index contributed by atoms with van der Waals surface area (Å²) in [5, 5.41) is 3.15. The standard InChI is InChI=1S/C9H14FN3S/c1-3-8(6-14-2)13-9-11-4-7(10)5-12-9/h4-5,8H,3,6H2,1-2H3,(H,11,12,13). The molecule has 1 rings (SSSR count). The van der Waals surface area contributed by atoms with Crippen LogP contribution in [0.4, 0.5) is 10.3 Å². The van der Waals surface area contributed by atoms with Gasteiger partial charge in [0.1, 0.15) is 0 Å². The number of thioether (sulfide) groups is 1. The number of hydrogen-bond acceptors (Lipinski definition) is 4. The lowest BCUT2D eigenvalue weighted by atomic mass is 10.3. The molecule has 14 heavy (non-hydrogen) atoms. The van der Waals surface area contributed by atoms with Gasteiger partial charge in [0.15, 0.2) is 5.82 Å². The Morgan fingerprint density at radius 2 is 2.14 bits per heavy atom. The Morgan fingerprint density at radius 1 is 1.50 bits per heavy atom. The van der Waals surface area contributed by atoms with Crippen LogP contribution >= 0.6 is 11.8 Å². The molecule has 0 aromatic carbocycles. The second-order valence-electron chi connectivity index (χ2n) is 2.93. The van der Waals surface area contributed by atoms with Crippen molar-refractivity contribution >= 4 is 17.7 Å². The van der Waals surface area contributed by atoms with Gasteiger partial charge in [-0.15, -0.1) is 0 Å². The van der Waals surface area contributed by atoms with Crippen LogP contribution in [0.2, 0.25) is 0 Å². The summed E-state index contributed by atoms with van der Waals surface area (Å²) in [7, 11) is 0. The number of anilines is 1. The molecule has 0 aliphatic carbocycles. The van der Waals surface area contributed by atoms with Crippen molar-refractivity contribution in [2.45, 2.75) is 19.4 Å². The fourth-order valence-electron chi connectivity index (χ4n) is 1.03. The van der Waals surface area contributed by atoms with Crippen LogP contribution in [-0.4, -0.2) is 28.0 Å². The molecule has 1 heterocycles. The quantitative estimate of drug-likeness (QED) is 0.817. The summed E-state index contributed by atoms with van der Waals surface area (Å²) in [4.78, 5) is 7.68. The molecule has 0 spiro atoms. The molecule has 1 unspecified atom stereocenters. The predicted octanol–water partition coefficient (Wildman–Crippen LogP) is 2.17. The van der Waals surface area contributed by atoms with Gasteiger partial charge in [0, 0.05) is 11.8 Å². The summed E-state index contributed by atoms with van der Waals surface area (Å²) in [5.41, 5.74) is 0. The van der Waals surface area contributed by atoms with Gasteiger partial charge in [-0.1, -0.05) is 6.92 Å². The van der Waals surface area contributed by atoms with Crippen LogP contribution < -0.4 is 5.32 Å². The van der Waals surface area contributed by atoms with Gasteiger partial charge < -0.3 is 5.32 Å². The highest BCUT2D eigenvalue weighted by atomic mass is 32.2. The first kappa shape index (κ1) is 11.2. The molecule has 0 fully saturated rings. The number of nitrogens with zero attached hydrogens (tertiary/aromatic N) is 2. The van der Waals surface area contributed by atoms with Crippen LogP contribution in [0.5, 0.6) is 0 Å². The van der Waals surface area contributed by atoms with Crippen LogP contribution in [0.1, 0.15) is 13.3 Å². The number of nitrogens with one attached hydrogen (secondary N) is 1. The van der Waals surface area contributed by atoms with Crippen LogP contribution in [-0.2, 0) is 0 Å². The molecule has 0 bridgehead atoms. The molecule has 1 atom stereocenters. The fourth-order valence-corrected chi connectivity index (χ4v) is 1.75. The molecule has 5 heteroatoms. The number of aromatic nitrogens is 2. The van der Waals surface area contributed by atoms with Gasteiger partial charge in [0.25, 0.3) is 0 Å². The third-order valence-corrected chi connectivity index (χ3v) is 2.55. The van der Waals surface area contributed by atoms with E-state index in [1.807, 2.05) is 0 Å². The zero-order valence-electron chi connectivity index (χ0n) is 8.33. The molecule has 0 aliphatic heterocycles. The zero-order valence-corrected chi connectivity index (χ0v) is 9.14. The summed E-state index contributed by atoms with van der Waals surface area (Å²) in [6.45, 7) is 2.09. The minimum absolute atomic E-state index is 0.343. The maximum atomic E-state index is 12.5. The van der Waals surface area contributed by atoms with Crippen LogP contribution in [0.3, 0.4) is 0 Å². The SMILES string of the molecule is CCC(CSC)Nc1ncc(F)cn1. The normalized spacial score (nSPS) is 12.5. The molecule has 0 radical (unpaired) electrons. The average molecular weight is 215 g/mol. The summed E-state index contributed by atoms with van der Waals surface area (Å²) in [6.07, 6.45) is 5.39. The van der Waals surface area contributed by atoms with Gasteiger partial charge in [0.2, 0.25) is 5.95 Å². The van der Waals surface area contributed by atoms with Crippen LogP contribution in [0.25, 0.3) is 0 Å². The van der Waals surface area contributed by atoms with Crippen molar-refractivity contribution in [3.05, 3.63) is 18.2 Å². The lowest BCUT2D eigenvalue weighted by molar-refractivity contribution is 0.613. The lowest BCUT2D eigenvalue weighted by Gasteiger charge is -2.14. The van der Waals surface area contributed by atoms with Gasteiger partial charge in [-0.05, 0) is 12.7 Å². The van der Waals surface area contributed by atoms with Crippen LogP contribution in [0.15, 0.2) is 12.4 Å². The highest BCUT2D eigenvalue weighted by Crippen LogP contribution is 2.07. The number of rotatable bonds is 5. The second-order valence-corrected chi connectivity index (χ2v) is 3.84. The second kappa shape index (κ2) is 5.80. The Labute approximate surface area is 87.5 Å². The van der Waals surface area contributed by atoms with Crippen LogP contribution in [0, 0.1) is 5.82 Å². The van der Waals surface area contributed by atoms with E-state index in [1.54, 1.807) is 11.8 Å². The molecule has 0 amide bonds. The zero-order chi connectivity index (χ0) is 10.4. The third kappa shape index (κ3) is 3.49. The molecule has 1 aromatic heterocycles. The van der Waals surface area contributed by atoms with E-state index in [2.05, 4.69) is 28.5 Å². The molecule has 3 nitrogen and oxygen atoms in total.